The van der Waals surface area contributed by atoms with Crippen LogP contribution in [0.5, 0.6) is 23.0 Å². The zero-order valence-corrected chi connectivity index (χ0v) is 20.3. The molecule has 0 aromatic heterocycles. The highest BCUT2D eigenvalue weighted by Crippen LogP contribution is 2.38. The molecule has 0 aliphatic rings. The summed E-state index contributed by atoms with van der Waals surface area (Å²) in [5, 5.41) is 3.98. The normalized spacial score (nSPS) is 10.5. The number of hydrazone groups is 1. The smallest absolute Gasteiger partial charge is 0.344 e. The van der Waals surface area contributed by atoms with E-state index in [9.17, 15) is 9.59 Å². The molecule has 0 aliphatic carbocycles. The van der Waals surface area contributed by atoms with E-state index in [2.05, 4.69) is 33.1 Å². The first-order valence-corrected chi connectivity index (χ1v) is 10.7. The second-order valence-electron chi connectivity index (χ2n) is 6.55. The van der Waals surface area contributed by atoms with Gasteiger partial charge in [-0.15, -0.1) is 0 Å². The molecule has 0 heterocycles. The Labute approximate surface area is 204 Å². The Bertz CT molecular complexity index is 1150. The third-order valence-electron chi connectivity index (χ3n) is 4.49. The molecule has 0 saturated carbocycles. The quantitative estimate of drug-likeness (QED) is 0.145. The summed E-state index contributed by atoms with van der Waals surface area (Å²) in [5.74, 6) is 0.635. The number of esters is 1. The Morgan fingerprint density at radius 2 is 1.55 bits per heavy atom. The molecule has 0 bridgehead atoms. The van der Waals surface area contributed by atoms with Crippen molar-refractivity contribution in [1.82, 2.24) is 5.43 Å². The molecule has 8 nitrogen and oxygen atoms in total. The summed E-state index contributed by atoms with van der Waals surface area (Å²) in [7, 11) is 4.43. The monoisotopic (exact) mass is 560 g/mol. The molecule has 0 fully saturated rings. The Hall–Kier alpha value is -3.60. The van der Waals surface area contributed by atoms with Crippen LogP contribution in [0.15, 0.2) is 65.8 Å². The van der Waals surface area contributed by atoms with Crippen molar-refractivity contribution < 1.29 is 28.5 Å². The van der Waals surface area contributed by atoms with Crippen LogP contribution >= 0.6 is 22.6 Å². The number of rotatable bonds is 8. The summed E-state index contributed by atoms with van der Waals surface area (Å²) in [5.41, 5.74) is 3.95. The first-order valence-electron chi connectivity index (χ1n) is 9.67. The van der Waals surface area contributed by atoms with Gasteiger partial charge in [0.15, 0.2) is 11.5 Å². The topological polar surface area (TPSA) is 95.5 Å². The summed E-state index contributed by atoms with van der Waals surface area (Å²) < 4.78 is 22.0. The van der Waals surface area contributed by atoms with E-state index in [4.69, 9.17) is 18.9 Å². The number of benzene rings is 3. The van der Waals surface area contributed by atoms with Gasteiger partial charge in [-0.2, -0.15) is 5.10 Å². The fourth-order valence-corrected chi connectivity index (χ4v) is 3.46. The number of halogens is 1. The van der Waals surface area contributed by atoms with Gasteiger partial charge >= 0.3 is 5.97 Å². The molecule has 3 aromatic carbocycles. The average Bonchev–Trinajstić information content (AvgIpc) is 2.84. The van der Waals surface area contributed by atoms with Gasteiger partial charge in [-0.05, 0) is 76.7 Å². The van der Waals surface area contributed by atoms with Crippen molar-refractivity contribution in [3.8, 4) is 23.0 Å². The molecule has 0 spiro atoms. The Balaban J connectivity index is 1.63. The maximum absolute atomic E-state index is 12.5. The molecule has 0 unspecified atom stereocenters. The van der Waals surface area contributed by atoms with E-state index < -0.39 is 11.9 Å². The van der Waals surface area contributed by atoms with Crippen molar-refractivity contribution in [1.29, 1.82) is 0 Å². The Morgan fingerprint density at radius 1 is 0.909 bits per heavy atom. The van der Waals surface area contributed by atoms with Crippen LogP contribution in [0, 0.1) is 3.57 Å². The lowest BCUT2D eigenvalue weighted by atomic mass is 10.1. The number of carbonyl (C=O) groups excluding carboxylic acids is 2. The number of carbonyl (C=O) groups is 2. The first kappa shape index (κ1) is 24.1. The molecular formula is C24H21IN2O6. The van der Waals surface area contributed by atoms with Gasteiger partial charge in [-0.25, -0.2) is 10.2 Å². The van der Waals surface area contributed by atoms with Crippen molar-refractivity contribution in [2.24, 2.45) is 5.10 Å². The van der Waals surface area contributed by atoms with E-state index in [-0.39, 0.29) is 0 Å². The highest BCUT2D eigenvalue weighted by Gasteiger charge is 2.16. The van der Waals surface area contributed by atoms with Crippen LogP contribution in [0.4, 0.5) is 0 Å². The SMILES string of the molecule is COc1cc(C(=O)NN=Cc2ccc(OC(=O)c3ccccc3I)cc2)cc(OC)c1OC. The molecular weight excluding hydrogens is 539 g/mol. The second-order valence-corrected chi connectivity index (χ2v) is 7.71. The number of ether oxygens (including phenoxy) is 4. The van der Waals surface area contributed by atoms with E-state index in [0.717, 1.165) is 3.57 Å². The van der Waals surface area contributed by atoms with Crippen LogP contribution in [0.2, 0.25) is 0 Å². The molecule has 170 valence electrons. The average molecular weight is 560 g/mol. The van der Waals surface area contributed by atoms with Gasteiger partial charge in [0.1, 0.15) is 5.75 Å². The zero-order valence-electron chi connectivity index (χ0n) is 18.1. The van der Waals surface area contributed by atoms with Crippen LogP contribution < -0.4 is 24.4 Å². The van der Waals surface area contributed by atoms with E-state index in [0.29, 0.717) is 39.7 Å². The van der Waals surface area contributed by atoms with Gasteiger partial charge < -0.3 is 18.9 Å². The largest absolute Gasteiger partial charge is 0.493 e. The minimum atomic E-state index is -0.450. The summed E-state index contributed by atoms with van der Waals surface area (Å²) in [6.45, 7) is 0. The summed E-state index contributed by atoms with van der Waals surface area (Å²) >= 11 is 2.09. The fourth-order valence-electron chi connectivity index (χ4n) is 2.85. The van der Waals surface area contributed by atoms with Crippen LogP contribution in [-0.2, 0) is 0 Å². The van der Waals surface area contributed by atoms with Crippen LogP contribution in [-0.4, -0.2) is 39.4 Å². The first-order chi connectivity index (χ1) is 16.0. The lowest BCUT2D eigenvalue weighted by Gasteiger charge is -2.13. The Morgan fingerprint density at radius 3 is 2.12 bits per heavy atom. The second kappa shape index (κ2) is 11.3. The van der Waals surface area contributed by atoms with Gasteiger partial charge in [0.25, 0.3) is 5.91 Å². The van der Waals surface area contributed by atoms with Gasteiger partial charge in [-0.3, -0.25) is 4.79 Å². The third-order valence-corrected chi connectivity index (χ3v) is 5.43. The van der Waals surface area contributed by atoms with Crippen LogP contribution in [0.25, 0.3) is 0 Å². The van der Waals surface area contributed by atoms with E-state index in [1.54, 1.807) is 36.4 Å². The van der Waals surface area contributed by atoms with Crippen LogP contribution in [0.3, 0.4) is 0 Å². The number of amides is 1. The molecule has 0 saturated heterocycles. The zero-order chi connectivity index (χ0) is 23.8. The maximum Gasteiger partial charge on any atom is 0.344 e. The van der Waals surface area contributed by atoms with E-state index in [1.807, 2.05) is 12.1 Å². The molecule has 33 heavy (non-hydrogen) atoms. The van der Waals surface area contributed by atoms with Crippen molar-refractivity contribution in [3.05, 3.63) is 80.9 Å². The summed E-state index contributed by atoms with van der Waals surface area (Å²) in [4.78, 5) is 24.8. The molecule has 9 heteroatoms. The number of hydrogen-bond acceptors (Lipinski definition) is 7. The van der Waals surface area contributed by atoms with Crippen molar-refractivity contribution in [3.63, 3.8) is 0 Å². The minimum absolute atomic E-state index is 0.291. The maximum atomic E-state index is 12.5. The van der Waals surface area contributed by atoms with Gasteiger partial charge in [0, 0.05) is 9.13 Å². The van der Waals surface area contributed by atoms with E-state index in [1.165, 1.54) is 39.7 Å². The predicted molar refractivity (Wildman–Crippen MR) is 132 cm³/mol. The number of methoxy groups -OCH3 is 3. The van der Waals surface area contributed by atoms with E-state index >= 15 is 0 Å². The Kier molecular flexibility index (Phi) is 8.25. The fraction of sp³-hybridized carbons (Fsp3) is 0.125. The van der Waals surface area contributed by atoms with Crippen molar-refractivity contribution in [2.75, 3.05) is 21.3 Å². The number of hydrogen-bond donors (Lipinski definition) is 1. The summed E-state index contributed by atoms with van der Waals surface area (Å²) in [6.07, 6.45) is 1.47. The van der Waals surface area contributed by atoms with Crippen LogP contribution in [0.1, 0.15) is 26.3 Å². The molecule has 3 rings (SSSR count). The van der Waals surface area contributed by atoms with Gasteiger partial charge in [0.2, 0.25) is 5.75 Å². The minimum Gasteiger partial charge on any atom is -0.493 e. The van der Waals surface area contributed by atoms with Gasteiger partial charge in [0.05, 0.1) is 33.1 Å². The predicted octanol–water partition coefficient (Wildman–Crippen LogP) is 4.30. The van der Waals surface area contributed by atoms with Crippen molar-refractivity contribution in [2.45, 2.75) is 0 Å². The van der Waals surface area contributed by atoms with Crippen molar-refractivity contribution >= 4 is 40.7 Å². The van der Waals surface area contributed by atoms with Gasteiger partial charge in [-0.1, -0.05) is 12.1 Å². The molecule has 0 aliphatic heterocycles. The molecule has 0 atom stereocenters. The summed E-state index contributed by atoms with van der Waals surface area (Å²) in [6, 6.07) is 17.0. The standard InChI is InChI=1S/C24H21IN2O6/c1-30-20-12-16(13-21(31-2)22(20)32-3)23(28)27-26-14-15-8-10-17(11-9-15)33-24(29)18-6-4-5-7-19(18)25/h4-14H,1-3H3,(H,27,28). The number of nitrogens with one attached hydrogen (secondary N) is 1. The number of nitrogens with zero attached hydrogens (tertiary/aromatic N) is 1. The molecule has 1 N–H and O–H groups in total. The molecule has 0 radical (unpaired) electrons. The molecule has 1 amide bonds. The third kappa shape index (κ3) is 6.01. The lowest BCUT2D eigenvalue weighted by molar-refractivity contribution is 0.0733. The molecule has 3 aromatic rings. The lowest BCUT2D eigenvalue weighted by Crippen LogP contribution is -2.18. The highest BCUT2D eigenvalue weighted by molar-refractivity contribution is 14.1. The highest BCUT2D eigenvalue weighted by atomic mass is 127.